The van der Waals surface area contributed by atoms with Crippen molar-refractivity contribution in [1.82, 2.24) is 0 Å². The lowest BCUT2D eigenvalue weighted by molar-refractivity contribution is -0.121. The second kappa shape index (κ2) is 3.13. The molecule has 2 atom stereocenters. The van der Waals surface area contributed by atoms with Gasteiger partial charge in [0, 0.05) is 5.92 Å². The number of Topliss-reactive ketones (excluding diaryl/α,β-unsaturated/α-hetero) is 1. The maximum absolute atomic E-state index is 11.8. The first kappa shape index (κ1) is 8.74. The molecule has 13 heavy (non-hydrogen) atoms. The highest BCUT2D eigenvalue weighted by molar-refractivity contribution is 5.98. The smallest absolute Gasteiger partial charge is 0.162 e. The van der Waals surface area contributed by atoms with E-state index < -0.39 is 0 Å². The second-order valence-electron chi connectivity index (χ2n) is 4.26. The number of ketones is 1. The minimum absolute atomic E-state index is 0.270. The summed E-state index contributed by atoms with van der Waals surface area (Å²) in [6.07, 6.45) is 6.70. The molecule has 2 aliphatic carbocycles. The van der Waals surface area contributed by atoms with Crippen LogP contribution in [0.25, 0.3) is 0 Å². The number of rotatable bonds is 0. The van der Waals surface area contributed by atoms with Crippen LogP contribution in [0.2, 0.25) is 0 Å². The Kier molecular flexibility index (Phi) is 2.10. The van der Waals surface area contributed by atoms with Crippen LogP contribution in [0.5, 0.6) is 0 Å². The van der Waals surface area contributed by atoms with Crippen molar-refractivity contribution in [3.8, 4) is 0 Å². The number of fused-ring (bicyclic) bond motifs is 1. The SMILES string of the molecule is C=C1C=C(C)C(=O)C2CCCCC12. The van der Waals surface area contributed by atoms with Gasteiger partial charge in [0.25, 0.3) is 0 Å². The van der Waals surface area contributed by atoms with Gasteiger partial charge in [0.1, 0.15) is 0 Å². The lowest BCUT2D eigenvalue weighted by Gasteiger charge is -2.34. The van der Waals surface area contributed by atoms with Crippen LogP contribution in [0.15, 0.2) is 23.8 Å². The predicted octanol–water partition coefficient (Wildman–Crippen LogP) is 2.88. The van der Waals surface area contributed by atoms with Gasteiger partial charge in [-0.2, -0.15) is 0 Å². The predicted molar refractivity (Wildman–Crippen MR) is 53.4 cm³/mol. The van der Waals surface area contributed by atoms with Crippen molar-refractivity contribution >= 4 is 5.78 Å². The summed E-state index contributed by atoms with van der Waals surface area (Å²) in [6, 6.07) is 0. The van der Waals surface area contributed by atoms with Gasteiger partial charge in [-0.3, -0.25) is 4.79 Å². The Morgan fingerprint density at radius 1 is 1.31 bits per heavy atom. The highest BCUT2D eigenvalue weighted by Crippen LogP contribution is 2.40. The first-order chi connectivity index (χ1) is 6.20. The lowest BCUT2D eigenvalue weighted by atomic mass is 9.69. The molecule has 0 aromatic rings. The van der Waals surface area contributed by atoms with Gasteiger partial charge >= 0.3 is 0 Å². The Morgan fingerprint density at radius 2 is 1.92 bits per heavy atom. The zero-order valence-corrected chi connectivity index (χ0v) is 8.18. The van der Waals surface area contributed by atoms with Gasteiger partial charge in [-0.05, 0) is 31.3 Å². The minimum atomic E-state index is 0.270. The van der Waals surface area contributed by atoms with E-state index in [2.05, 4.69) is 6.58 Å². The first-order valence-electron chi connectivity index (χ1n) is 5.11. The van der Waals surface area contributed by atoms with Gasteiger partial charge in [0.2, 0.25) is 0 Å². The van der Waals surface area contributed by atoms with Gasteiger partial charge < -0.3 is 0 Å². The highest BCUT2D eigenvalue weighted by Gasteiger charge is 2.35. The average Bonchev–Trinajstić information content (AvgIpc) is 2.15. The second-order valence-corrected chi connectivity index (χ2v) is 4.26. The molecule has 1 saturated carbocycles. The van der Waals surface area contributed by atoms with E-state index in [0.717, 1.165) is 12.0 Å². The maximum Gasteiger partial charge on any atom is 0.162 e. The van der Waals surface area contributed by atoms with E-state index in [1.807, 2.05) is 13.0 Å². The molecule has 0 spiro atoms. The van der Waals surface area contributed by atoms with Crippen molar-refractivity contribution in [2.75, 3.05) is 0 Å². The molecule has 70 valence electrons. The molecule has 0 saturated heterocycles. The summed E-state index contributed by atoms with van der Waals surface area (Å²) >= 11 is 0. The third-order valence-electron chi connectivity index (χ3n) is 3.37. The molecule has 1 fully saturated rings. The topological polar surface area (TPSA) is 17.1 Å². The molecule has 1 nitrogen and oxygen atoms in total. The fourth-order valence-corrected chi connectivity index (χ4v) is 2.64. The Labute approximate surface area is 79.5 Å². The molecular weight excluding hydrogens is 160 g/mol. The van der Waals surface area contributed by atoms with E-state index in [9.17, 15) is 4.79 Å². The van der Waals surface area contributed by atoms with E-state index >= 15 is 0 Å². The van der Waals surface area contributed by atoms with Crippen LogP contribution in [0.3, 0.4) is 0 Å². The first-order valence-corrected chi connectivity index (χ1v) is 5.11. The van der Waals surface area contributed by atoms with E-state index in [1.54, 1.807) is 0 Å². The average molecular weight is 176 g/mol. The van der Waals surface area contributed by atoms with E-state index in [-0.39, 0.29) is 5.92 Å². The summed E-state index contributed by atoms with van der Waals surface area (Å²) in [5, 5.41) is 0. The number of carbonyl (C=O) groups excluding carboxylic acids is 1. The van der Waals surface area contributed by atoms with Gasteiger partial charge in [0.05, 0.1) is 0 Å². The van der Waals surface area contributed by atoms with Crippen LogP contribution in [-0.2, 0) is 4.79 Å². The molecule has 0 bridgehead atoms. The summed E-state index contributed by atoms with van der Waals surface area (Å²) < 4.78 is 0. The van der Waals surface area contributed by atoms with Crippen molar-refractivity contribution in [2.24, 2.45) is 11.8 Å². The minimum Gasteiger partial charge on any atom is -0.294 e. The Morgan fingerprint density at radius 3 is 2.62 bits per heavy atom. The summed E-state index contributed by atoms with van der Waals surface area (Å²) in [5.41, 5.74) is 2.09. The fourth-order valence-electron chi connectivity index (χ4n) is 2.64. The zero-order chi connectivity index (χ0) is 9.42. The molecule has 1 heteroatoms. The van der Waals surface area contributed by atoms with Crippen molar-refractivity contribution in [3.63, 3.8) is 0 Å². The van der Waals surface area contributed by atoms with Gasteiger partial charge in [-0.25, -0.2) is 0 Å². The summed E-state index contributed by atoms with van der Waals surface area (Å²) in [6.45, 7) is 5.97. The molecular formula is C12H16O. The summed E-state index contributed by atoms with van der Waals surface area (Å²) in [5.74, 6) is 1.10. The third-order valence-corrected chi connectivity index (χ3v) is 3.37. The molecule has 2 unspecified atom stereocenters. The van der Waals surface area contributed by atoms with Gasteiger partial charge in [-0.15, -0.1) is 0 Å². The standard InChI is InChI=1S/C12H16O/c1-8-7-9(2)12(13)11-6-4-3-5-10(8)11/h7,10-11H,1,3-6H2,2H3. The Balaban J connectivity index is 2.32. The number of carbonyl (C=O) groups is 1. The molecule has 0 aromatic heterocycles. The van der Waals surface area contributed by atoms with Crippen molar-refractivity contribution < 1.29 is 4.79 Å². The van der Waals surface area contributed by atoms with Gasteiger partial charge in [-0.1, -0.05) is 31.1 Å². The van der Waals surface area contributed by atoms with Gasteiger partial charge in [0.15, 0.2) is 5.78 Å². The largest absolute Gasteiger partial charge is 0.294 e. The van der Waals surface area contributed by atoms with Crippen molar-refractivity contribution in [1.29, 1.82) is 0 Å². The molecule has 2 aliphatic rings. The fraction of sp³-hybridized carbons (Fsp3) is 0.583. The molecule has 0 aliphatic heterocycles. The molecule has 2 rings (SSSR count). The van der Waals surface area contributed by atoms with Crippen LogP contribution in [0.4, 0.5) is 0 Å². The van der Waals surface area contributed by atoms with Crippen LogP contribution < -0.4 is 0 Å². The monoisotopic (exact) mass is 176 g/mol. The Bertz CT molecular complexity index is 285. The van der Waals surface area contributed by atoms with Crippen LogP contribution in [-0.4, -0.2) is 5.78 Å². The molecule has 0 N–H and O–H groups in total. The molecule has 0 radical (unpaired) electrons. The highest BCUT2D eigenvalue weighted by atomic mass is 16.1. The number of hydrogen-bond acceptors (Lipinski definition) is 1. The summed E-state index contributed by atoms with van der Waals surface area (Å²) in [4.78, 5) is 11.8. The lowest BCUT2D eigenvalue weighted by Crippen LogP contribution is -2.31. The molecule has 0 amide bonds. The molecule has 0 aromatic carbocycles. The quantitative estimate of drug-likeness (QED) is 0.554. The number of hydrogen-bond donors (Lipinski definition) is 0. The van der Waals surface area contributed by atoms with E-state index in [1.165, 1.54) is 24.8 Å². The van der Waals surface area contributed by atoms with Crippen molar-refractivity contribution in [2.45, 2.75) is 32.6 Å². The molecule has 0 heterocycles. The van der Waals surface area contributed by atoms with E-state index in [4.69, 9.17) is 0 Å². The van der Waals surface area contributed by atoms with E-state index in [0.29, 0.717) is 11.7 Å². The third kappa shape index (κ3) is 1.37. The van der Waals surface area contributed by atoms with Crippen LogP contribution in [0.1, 0.15) is 32.6 Å². The maximum atomic E-state index is 11.8. The number of allylic oxidation sites excluding steroid dienone is 3. The van der Waals surface area contributed by atoms with Crippen molar-refractivity contribution in [3.05, 3.63) is 23.8 Å². The van der Waals surface area contributed by atoms with Crippen LogP contribution >= 0.6 is 0 Å². The normalized spacial score (nSPS) is 34.1. The zero-order valence-electron chi connectivity index (χ0n) is 8.18. The van der Waals surface area contributed by atoms with Crippen LogP contribution in [0, 0.1) is 11.8 Å². The Hall–Kier alpha value is -0.850. The summed E-state index contributed by atoms with van der Waals surface area (Å²) in [7, 11) is 0.